The fourth-order valence-electron chi connectivity index (χ4n) is 3.53. The molecule has 0 radical (unpaired) electrons. The normalized spacial score (nSPS) is 16.3. The minimum Gasteiger partial charge on any atom is -0.371 e. The Bertz CT molecular complexity index is 1040. The lowest BCUT2D eigenvalue weighted by Crippen LogP contribution is -2.33. The van der Waals surface area contributed by atoms with Crippen molar-refractivity contribution in [1.82, 2.24) is 15.1 Å². The summed E-state index contributed by atoms with van der Waals surface area (Å²) in [4.78, 5) is 12.8. The summed E-state index contributed by atoms with van der Waals surface area (Å²) in [7, 11) is 0. The molecular formula is C23H22N4O2. The molecule has 146 valence electrons. The third-order valence-electron chi connectivity index (χ3n) is 5.19. The summed E-state index contributed by atoms with van der Waals surface area (Å²) in [6, 6.07) is 17.3. The zero-order chi connectivity index (χ0) is 20.2. The Balaban J connectivity index is 1.47. The van der Waals surface area contributed by atoms with Crippen molar-refractivity contribution in [3.63, 3.8) is 0 Å². The lowest BCUT2D eigenvalue weighted by atomic mass is 10.0. The van der Waals surface area contributed by atoms with Crippen molar-refractivity contribution in [2.45, 2.75) is 19.4 Å². The fourth-order valence-corrected chi connectivity index (χ4v) is 3.53. The standard InChI is InChI=1S/C23H22N4O2/c1-16-21(14-26-27(16)20-8-4-18(13-24)5-9-20)22(28)12-17-2-6-19(7-3-17)23-15-25-10-11-29-23/h2-9,14,23,25H,10-12,15H2,1H3/t23-/m1/s1. The highest BCUT2D eigenvalue weighted by Crippen LogP contribution is 2.21. The molecule has 1 N–H and O–H groups in total. The van der Waals surface area contributed by atoms with E-state index in [2.05, 4.69) is 16.5 Å². The highest BCUT2D eigenvalue weighted by atomic mass is 16.5. The maximum atomic E-state index is 12.8. The lowest BCUT2D eigenvalue weighted by molar-refractivity contribution is 0.0277. The van der Waals surface area contributed by atoms with Gasteiger partial charge < -0.3 is 10.1 Å². The van der Waals surface area contributed by atoms with Crippen LogP contribution in [0, 0.1) is 18.3 Å². The molecule has 1 aliphatic heterocycles. The van der Waals surface area contributed by atoms with Crippen LogP contribution in [0.5, 0.6) is 0 Å². The molecule has 0 unspecified atom stereocenters. The van der Waals surface area contributed by atoms with Gasteiger partial charge in [0, 0.05) is 19.5 Å². The number of hydrogen-bond acceptors (Lipinski definition) is 5. The van der Waals surface area contributed by atoms with E-state index in [1.807, 2.05) is 43.3 Å². The van der Waals surface area contributed by atoms with E-state index in [0.717, 1.165) is 35.6 Å². The molecule has 1 saturated heterocycles. The number of morpholine rings is 1. The Morgan fingerprint density at radius 2 is 2.00 bits per heavy atom. The smallest absolute Gasteiger partial charge is 0.170 e. The molecule has 0 saturated carbocycles. The lowest BCUT2D eigenvalue weighted by Gasteiger charge is -2.24. The molecule has 1 fully saturated rings. The molecule has 2 heterocycles. The van der Waals surface area contributed by atoms with Crippen LogP contribution in [0.15, 0.2) is 54.7 Å². The first-order valence-corrected chi connectivity index (χ1v) is 9.65. The van der Waals surface area contributed by atoms with Gasteiger partial charge in [0.25, 0.3) is 0 Å². The van der Waals surface area contributed by atoms with Crippen molar-refractivity contribution in [2.75, 3.05) is 19.7 Å². The maximum Gasteiger partial charge on any atom is 0.170 e. The highest BCUT2D eigenvalue weighted by molar-refractivity contribution is 5.98. The number of aromatic nitrogens is 2. The van der Waals surface area contributed by atoms with Crippen LogP contribution in [0.2, 0.25) is 0 Å². The molecule has 2 aromatic carbocycles. The van der Waals surface area contributed by atoms with Gasteiger partial charge in [0.2, 0.25) is 0 Å². The van der Waals surface area contributed by atoms with Gasteiger partial charge in [0.1, 0.15) is 0 Å². The fraction of sp³-hybridized carbons (Fsp3) is 0.261. The van der Waals surface area contributed by atoms with Crippen molar-refractivity contribution in [3.05, 3.63) is 82.7 Å². The van der Waals surface area contributed by atoms with Gasteiger partial charge in [-0.15, -0.1) is 0 Å². The summed E-state index contributed by atoms with van der Waals surface area (Å²) in [6.07, 6.45) is 2.01. The molecule has 0 spiro atoms. The molecule has 29 heavy (non-hydrogen) atoms. The van der Waals surface area contributed by atoms with Crippen molar-refractivity contribution in [1.29, 1.82) is 5.26 Å². The van der Waals surface area contributed by atoms with Crippen LogP contribution in [0.4, 0.5) is 0 Å². The molecular weight excluding hydrogens is 364 g/mol. The number of nitriles is 1. The summed E-state index contributed by atoms with van der Waals surface area (Å²) in [5.41, 5.74) is 4.90. The van der Waals surface area contributed by atoms with E-state index in [9.17, 15) is 4.79 Å². The van der Waals surface area contributed by atoms with Gasteiger partial charge >= 0.3 is 0 Å². The summed E-state index contributed by atoms with van der Waals surface area (Å²) in [6.45, 7) is 4.30. The van der Waals surface area contributed by atoms with Gasteiger partial charge in [0.15, 0.2) is 5.78 Å². The predicted molar refractivity (Wildman–Crippen MR) is 109 cm³/mol. The average molecular weight is 386 g/mol. The van der Waals surface area contributed by atoms with Gasteiger partial charge in [-0.2, -0.15) is 10.4 Å². The van der Waals surface area contributed by atoms with Gasteiger partial charge in [0.05, 0.1) is 47.5 Å². The number of ether oxygens (including phenoxy) is 1. The van der Waals surface area contributed by atoms with Gasteiger partial charge in [-0.05, 0) is 42.3 Å². The van der Waals surface area contributed by atoms with Gasteiger partial charge in [-0.25, -0.2) is 4.68 Å². The largest absolute Gasteiger partial charge is 0.371 e. The molecule has 3 aromatic rings. The van der Waals surface area contributed by atoms with E-state index in [1.54, 1.807) is 23.0 Å². The van der Waals surface area contributed by atoms with E-state index in [0.29, 0.717) is 24.2 Å². The second-order valence-electron chi connectivity index (χ2n) is 7.12. The van der Waals surface area contributed by atoms with E-state index >= 15 is 0 Å². The van der Waals surface area contributed by atoms with Crippen molar-refractivity contribution < 1.29 is 9.53 Å². The van der Waals surface area contributed by atoms with Crippen LogP contribution in [0.3, 0.4) is 0 Å². The SMILES string of the molecule is Cc1c(C(=O)Cc2ccc([C@H]3CNCCO3)cc2)cnn1-c1ccc(C#N)cc1. The Morgan fingerprint density at radius 1 is 1.24 bits per heavy atom. The summed E-state index contributed by atoms with van der Waals surface area (Å²) < 4.78 is 7.50. The predicted octanol–water partition coefficient (Wildman–Crippen LogP) is 3.14. The number of benzene rings is 2. The molecule has 6 nitrogen and oxygen atoms in total. The second kappa shape index (κ2) is 8.39. The van der Waals surface area contributed by atoms with Gasteiger partial charge in [-0.3, -0.25) is 4.79 Å². The Kier molecular flexibility index (Phi) is 5.52. The number of carbonyl (C=O) groups excluding carboxylic acids is 1. The van der Waals surface area contributed by atoms with E-state index < -0.39 is 0 Å². The first-order valence-electron chi connectivity index (χ1n) is 9.65. The van der Waals surface area contributed by atoms with Crippen molar-refractivity contribution in [3.8, 4) is 11.8 Å². The minimum atomic E-state index is 0.0331. The molecule has 1 aromatic heterocycles. The Labute approximate surface area is 169 Å². The summed E-state index contributed by atoms with van der Waals surface area (Å²) in [5.74, 6) is 0.0331. The third kappa shape index (κ3) is 4.11. The number of nitrogens with one attached hydrogen (secondary N) is 1. The quantitative estimate of drug-likeness (QED) is 0.682. The number of hydrogen-bond donors (Lipinski definition) is 1. The number of rotatable bonds is 5. The molecule has 4 rings (SSSR count). The van der Waals surface area contributed by atoms with Crippen LogP contribution < -0.4 is 5.32 Å². The minimum absolute atomic E-state index is 0.0331. The number of carbonyl (C=O) groups is 1. The molecule has 1 aliphatic rings. The van der Waals surface area contributed by atoms with Crippen LogP contribution in [-0.2, 0) is 11.2 Å². The molecule has 0 amide bonds. The molecule has 0 bridgehead atoms. The number of Topliss-reactive ketones (excluding diaryl/α,β-unsaturated/α-hetero) is 1. The summed E-state index contributed by atoms with van der Waals surface area (Å²) in [5, 5.41) is 16.6. The van der Waals surface area contributed by atoms with Crippen LogP contribution in [-0.4, -0.2) is 35.3 Å². The third-order valence-corrected chi connectivity index (χ3v) is 5.19. The number of nitrogens with zero attached hydrogens (tertiary/aromatic N) is 3. The van der Waals surface area contributed by atoms with Crippen LogP contribution >= 0.6 is 0 Å². The van der Waals surface area contributed by atoms with E-state index in [4.69, 9.17) is 10.00 Å². The van der Waals surface area contributed by atoms with Crippen LogP contribution in [0.1, 0.15) is 38.8 Å². The highest BCUT2D eigenvalue weighted by Gasteiger charge is 2.18. The van der Waals surface area contributed by atoms with E-state index in [-0.39, 0.29) is 11.9 Å². The Morgan fingerprint density at radius 3 is 2.66 bits per heavy atom. The van der Waals surface area contributed by atoms with Crippen molar-refractivity contribution in [2.24, 2.45) is 0 Å². The summed E-state index contributed by atoms with van der Waals surface area (Å²) >= 11 is 0. The first kappa shape index (κ1) is 19.1. The first-order chi connectivity index (χ1) is 14.2. The Hall–Kier alpha value is -3.27. The zero-order valence-corrected chi connectivity index (χ0v) is 16.3. The maximum absolute atomic E-state index is 12.8. The van der Waals surface area contributed by atoms with Crippen LogP contribution in [0.25, 0.3) is 5.69 Å². The molecule has 0 aliphatic carbocycles. The second-order valence-corrected chi connectivity index (χ2v) is 7.12. The van der Waals surface area contributed by atoms with Gasteiger partial charge in [-0.1, -0.05) is 24.3 Å². The average Bonchev–Trinajstić information content (AvgIpc) is 3.16. The monoisotopic (exact) mass is 386 g/mol. The van der Waals surface area contributed by atoms with Crippen molar-refractivity contribution >= 4 is 5.78 Å². The topological polar surface area (TPSA) is 79.9 Å². The molecule has 1 atom stereocenters. The van der Waals surface area contributed by atoms with E-state index in [1.165, 1.54) is 0 Å². The molecule has 6 heteroatoms. The zero-order valence-electron chi connectivity index (χ0n) is 16.3. The number of ketones is 1.